The lowest BCUT2D eigenvalue weighted by Crippen LogP contribution is -2.29. The van der Waals surface area contributed by atoms with Crippen LogP contribution in [0.1, 0.15) is 79.1 Å². The van der Waals surface area contributed by atoms with E-state index in [4.69, 9.17) is 0 Å². The van der Waals surface area contributed by atoms with Gasteiger partial charge in [0.05, 0.1) is 0 Å². The Morgan fingerprint density at radius 1 is 0.737 bits per heavy atom. The Kier molecular flexibility index (Phi) is 10.9. The molecule has 0 rings (SSSR count). The molecule has 19 heavy (non-hydrogen) atoms. The van der Waals surface area contributed by atoms with Gasteiger partial charge in [0.1, 0.15) is 0 Å². The molecule has 0 nitrogen and oxygen atoms in total. The number of unbranched alkanes of at least 4 members (excludes halogenated alkanes) is 2. The number of hydrogen-bond donors (Lipinski definition) is 0. The minimum Gasteiger partial charge on any atom is -0.270 e. The van der Waals surface area contributed by atoms with Gasteiger partial charge in [-0.15, -0.1) is 0 Å². The fourth-order valence-electron chi connectivity index (χ4n) is 2.81. The van der Waals surface area contributed by atoms with Crippen molar-refractivity contribution in [1.82, 2.24) is 0 Å². The second kappa shape index (κ2) is 10.8. The summed E-state index contributed by atoms with van der Waals surface area (Å²) in [4.78, 5) is 0. The first-order valence-electron chi connectivity index (χ1n) is 8.36. The molecule has 0 amide bonds. The molecule has 0 heterocycles. The summed E-state index contributed by atoms with van der Waals surface area (Å²) in [5.74, 6) is 0.538. The summed E-state index contributed by atoms with van der Waals surface area (Å²) in [6.07, 6.45) is 8.31. The van der Waals surface area contributed by atoms with Crippen molar-refractivity contribution in [3.8, 4) is 0 Å². The molecule has 0 radical (unpaired) electrons. The van der Waals surface area contributed by atoms with Crippen LogP contribution in [0.2, 0.25) is 12.1 Å². The lowest BCUT2D eigenvalue weighted by Gasteiger charge is -2.24. The van der Waals surface area contributed by atoms with E-state index in [-0.39, 0.29) is 23.9 Å². The SMILES string of the molecule is CCCCC(CC)C[Si](F)(F)CC(CC)CCCC. The summed E-state index contributed by atoms with van der Waals surface area (Å²) in [7, 11) is -3.97. The Labute approximate surface area is 120 Å². The van der Waals surface area contributed by atoms with Crippen molar-refractivity contribution in [3.05, 3.63) is 0 Å². The van der Waals surface area contributed by atoms with Gasteiger partial charge in [-0.3, -0.25) is 8.22 Å². The predicted molar refractivity (Wildman–Crippen MR) is 84.2 cm³/mol. The molecular formula is C16H34F2Si. The second-order valence-corrected chi connectivity index (χ2v) is 8.63. The smallest absolute Gasteiger partial charge is 0.270 e. The van der Waals surface area contributed by atoms with E-state index in [1.54, 1.807) is 0 Å². The van der Waals surface area contributed by atoms with Crippen LogP contribution in [-0.4, -0.2) is 8.74 Å². The van der Waals surface area contributed by atoms with Crippen LogP contribution in [0.15, 0.2) is 0 Å². The lowest BCUT2D eigenvalue weighted by atomic mass is 10.0. The van der Waals surface area contributed by atoms with E-state index < -0.39 is 8.74 Å². The molecular weight excluding hydrogens is 258 g/mol. The molecule has 116 valence electrons. The second-order valence-electron chi connectivity index (χ2n) is 6.10. The molecule has 0 aliphatic rings. The first-order chi connectivity index (χ1) is 8.99. The number of hydrogen-bond acceptors (Lipinski definition) is 0. The Bertz CT molecular complexity index is 187. The Hall–Kier alpha value is 0.0769. The van der Waals surface area contributed by atoms with Crippen LogP contribution < -0.4 is 0 Å². The van der Waals surface area contributed by atoms with Gasteiger partial charge in [0.15, 0.2) is 0 Å². The van der Waals surface area contributed by atoms with E-state index >= 15 is 0 Å². The Balaban J connectivity index is 4.24. The summed E-state index contributed by atoms with van der Waals surface area (Å²) in [5.41, 5.74) is 0. The van der Waals surface area contributed by atoms with Gasteiger partial charge in [0, 0.05) is 12.1 Å². The highest BCUT2D eigenvalue weighted by molar-refractivity contribution is 6.66. The molecule has 3 heteroatoms. The molecule has 0 N–H and O–H groups in total. The third-order valence-electron chi connectivity index (χ3n) is 4.26. The van der Waals surface area contributed by atoms with Crippen molar-refractivity contribution in [2.24, 2.45) is 11.8 Å². The Morgan fingerprint density at radius 3 is 1.37 bits per heavy atom. The van der Waals surface area contributed by atoms with Crippen molar-refractivity contribution in [2.75, 3.05) is 0 Å². The van der Waals surface area contributed by atoms with Crippen molar-refractivity contribution >= 4 is 8.74 Å². The van der Waals surface area contributed by atoms with Gasteiger partial charge in [-0.2, -0.15) is 0 Å². The van der Waals surface area contributed by atoms with Gasteiger partial charge in [0.2, 0.25) is 0 Å². The third kappa shape index (κ3) is 9.59. The van der Waals surface area contributed by atoms with Gasteiger partial charge in [-0.25, -0.2) is 0 Å². The zero-order chi connectivity index (χ0) is 14.7. The van der Waals surface area contributed by atoms with Gasteiger partial charge in [-0.1, -0.05) is 79.1 Å². The molecule has 0 aromatic carbocycles. The largest absolute Gasteiger partial charge is 0.425 e. The fourth-order valence-corrected chi connectivity index (χ4v) is 5.66. The highest BCUT2D eigenvalue weighted by Crippen LogP contribution is 2.34. The summed E-state index contributed by atoms with van der Waals surface area (Å²) in [6, 6.07) is 0.484. The van der Waals surface area contributed by atoms with Crippen molar-refractivity contribution in [2.45, 2.75) is 91.1 Å². The molecule has 0 bridgehead atoms. The maximum absolute atomic E-state index is 14.3. The molecule has 2 unspecified atom stereocenters. The zero-order valence-electron chi connectivity index (χ0n) is 13.5. The monoisotopic (exact) mass is 292 g/mol. The summed E-state index contributed by atoms with van der Waals surface area (Å²) in [5, 5.41) is 0. The molecule has 0 spiro atoms. The minimum atomic E-state index is -3.97. The first kappa shape index (κ1) is 19.1. The molecule has 0 fully saturated rings. The maximum atomic E-state index is 14.3. The van der Waals surface area contributed by atoms with Gasteiger partial charge in [0.25, 0.3) is 0 Å². The van der Waals surface area contributed by atoms with E-state index in [0.717, 1.165) is 51.4 Å². The fraction of sp³-hybridized carbons (Fsp3) is 1.00. The van der Waals surface area contributed by atoms with Crippen molar-refractivity contribution in [3.63, 3.8) is 0 Å². The molecule has 0 aliphatic carbocycles. The highest BCUT2D eigenvalue weighted by Gasteiger charge is 2.39. The molecule has 2 atom stereocenters. The first-order valence-corrected chi connectivity index (χ1v) is 10.5. The lowest BCUT2D eigenvalue weighted by molar-refractivity contribution is 0.417. The number of rotatable bonds is 12. The average Bonchev–Trinajstić information content (AvgIpc) is 2.39. The number of halogens is 2. The van der Waals surface area contributed by atoms with Crippen LogP contribution in [0.3, 0.4) is 0 Å². The van der Waals surface area contributed by atoms with Crippen molar-refractivity contribution in [1.29, 1.82) is 0 Å². The van der Waals surface area contributed by atoms with Gasteiger partial charge >= 0.3 is 8.74 Å². The van der Waals surface area contributed by atoms with Crippen LogP contribution in [0.25, 0.3) is 0 Å². The zero-order valence-corrected chi connectivity index (χ0v) is 14.5. The molecule has 0 saturated carbocycles. The van der Waals surface area contributed by atoms with E-state index in [2.05, 4.69) is 27.7 Å². The maximum Gasteiger partial charge on any atom is 0.425 e. The average molecular weight is 293 g/mol. The summed E-state index contributed by atoms with van der Waals surface area (Å²) < 4.78 is 28.6. The molecule has 0 aromatic rings. The van der Waals surface area contributed by atoms with E-state index in [9.17, 15) is 8.22 Å². The van der Waals surface area contributed by atoms with Crippen LogP contribution in [0, 0.1) is 11.8 Å². The van der Waals surface area contributed by atoms with Crippen LogP contribution in [0.5, 0.6) is 0 Å². The highest BCUT2D eigenvalue weighted by atomic mass is 28.4. The van der Waals surface area contributed by atoms with Crippen LogP contribution in [-0.2, 0) is 0 Å². The van der Waals surface area contributed by atoms with E-state index in [1.165, 1.54) is 0 Å². The predicted octanol–water partition coefficient (Wildman–Crippen LogP) is 6.80. The topological polar surface area (TPSA) is 0 Å². The van der Waals surface area contributed by atoms with Gasteiger partial charge < -0.3 is 0 Å². The molecule has 0 aromatic heterocycles. The Morgan fingerprint density at radius 2 is 1.11 bits per heavy atom. The summed E-state index contributed by atoms with van der Waals surface area (Å²) in [6.45, 7) is 8.42. The van der Waals surface area contributed by atoms with E-state index in [0.29, 0.717) is 0 Å². The standard InChI is InChI=1S/C16H34F2Si/c1-5-9-11-15(7-3)13-19(17,18)14-16(8-4)12-10-6-2/h15-16H,5-14H2,1-4H3. The summed E-state index contributed by atoms with van der Waals surface area (Å²) >= 11 is 0. The normalized spacial score (nSPS) is 15.5. The van der Waals surface area contributed by atoms with Gasteiger partial charge in [-0.05, 0) is 11.8 Å². The molecule has 0 aliphatic heterocycles. The van der Waals surface area contributed by atoms with Crippen LogP contribution >= 0.6 is 0 Å². The quantitative estimate of drug-likeness (QED) is 0.274. The van der Waals surface area contributed by atoms with Crippen LogP contribution in [0.4, 0.5) is 8.22 Å². The minimum absolute atomic E-state index is 0.242. The van der Waals surface area contributed by atoms with Crippen molar-refractivity contribution < 1.29 is 8.22 Å². The molecule has 0 saturated heterocycles. The van der Waals surface area contributed by atoms with E-state index in [1.807, 2.05) is 0 Å². The third-order valence-corrected chi connectivity index (χ3v) is 6.61.